The minimum Gasteiger partial charge on any atom is -0.301 e. The fourth-order valence-electron chi connectivity index (χ4n) is 1.81. The van der Waals surface area contributed by atoms with Gasteiger partial charge in [0, 0.05) is 17.5 Å². The molecule has 0 spiro atoms. The first kappa shape index (κ1) is 15.2. The zero-order valence-corrected chi connectivity index (χ0v) is 13.9. The first-order valence-electron chi connectivity index (χ1n) is 6.54. The van der Waals surface area contributed by atoms with Crippen LogP contribution >= 0.6 is 27.3 Å². The smallest absolute Gasteiger partial charge is 0.239 e. The van der Waals surface area contributed by atoms with E-state index in [2.05, 4.69) is 45.3 Å². The van der Waals surface area contributed by atoms with Crippen molar-refractivity contribution in [2.24, 2.45) is 0 Å². The van der Waals surface area contributed by atoms with Crippen LogP contribution in [0, 0.1) is 6.92 Å². The molecule has 0 bridgehead atoms. The van der Waals surface area contributed by atoms with Gasteiger partial charge >= 0.3 is 0 Å². The molecule has 0 aliphatic carbocycles. The van der Waals surface area contributed by atoms with Crippen molar-refractivity contribution in [1.82, 2.24) is 4.98 Å². The third-order valence-corrected chi connectivity index (χ3v) is 5.03. The maximum Gasteiger partial charge on any atom is 0.239 e. The number of carbonyl (C=O) groups excluding carboxylic acids is 1. The van der Waals surface area contributed by atoms with Crippen molar-refractivity contribution in [1.29, 1.82) is 0 Å². The molecule has 0 fully saturated rings. The lowest BCUT2D eigenvalue weighted by molar-refractivity contribution is -0.115. The number of hydrogen-bond acceptors (Lipinski definition) is 3. The van der Waals surface area contributed by atoms with Crippen LogP contribution in [0.5, 0.6) is 0 Å². The lowest BCUT2D eigenvalue weighted by atomic mass is 10.1. The third-order valence-electron chi connectivity index (χ3n) is 3.05. The first-order valence-corrected chi connectivity index (χ1v) is 8.27. The number of aromatic nitrogens is 1. The van der Waals surface area contributed by atoms with E-state index in [-0.39, 0.29) is 10.7 Å². The highest BCUT2D eigenvalue weighted by Gasteiger charge is 2.14. The topological polar surface area (TPSA) is 42.0 Å². The van der Waals surface area contributed by atoms with Crippen LogP contribution in [0.25, 0.3) is 0 Å². The quantitative estimate of drug-likeness (QED) is 0.821. The summed E-state index contributed by atoms with van der Waals surface area (Å²) in [5, 5.41) is 3.50. The minimum atomic E-state index is -0.161. The van der Waals surface area contributed by atoms with Crippen molar-refractivity contribution in [3.8, 4) is 0 Å². The predicted octanol–water partition coefficient (Wildman–Crippen LogP) is 4.15. The Kier molecular flexibility index (Phi) is 5.31. The van der Waals surface area contributed by atoms with Gasteiger partial charge in [-0.25, -0.2) is 4.98 Å². The lowest BCUT2D eigenvalue weighted by Gasteiger charge is -2.05. The molecule has 1 amide bonds. The van der Waals surface area contributed by atoms with Crippen molar-refractivity contribution in [2.45, 2.75) is 31.5 Å². The molecular formula is C15H17BrN2OS. The second kappa shape index (κ2) is 6.99. The van der Waals surface area contributed by atoms with E-state index in [1.165, 1.54) is 22.5 Å². The number of nitrogens with one attached hydrogen (secondary N) is 1. The molecule has 106 valence electrons. The van der Waals surface area contributed by atoms with Gasteiger partial charge in [0.1, 0.15) is 0 Å². The summed E-state index contributed by atoms with van der Waals surface area (Å²) in [6.45, 7) is 4.07. The second-order valence-corrected chi connectivity index (χ2v) is 6.82. The predicted molar refractivity (Wildman–Crippen MR) is 87.7 cm³/mol. The van der Waals surface area contributed by atoms with Gasteiger partial charge in [-0.3, -0.25) is 4.79 Å². The summed E-state index contributed by atoms with van der Waals surface area (Å²) in [6, 6.07) is 8.31. The lowest BCUT2D eigenvalue weighted by Crippen LogP contribution is -2.21. The first-order chi connectivity index (χ1) is 9.60. The van der Waals surface area contributed by atoms with Crippen molar-refractivity contribution >= 4 is 38.3 Å². The number of alkyl halides is 1. The Balaban J connectivity index is 2.03. The van der Waals surface area contributed by atoms with Gasteiger partial charge in [-0.1, -0.05) is 47.1 Å². The van der Waals surface area contributed by atoms with Crippen molar-refractivity contribution < 1.29 is 4.79 Å². The molecule has 1 heterocycles. The molecule has 0 aliphatic heterocycles. The number of anilines is 1. The van der Waals surface area contributed by atoms with Gasteiger partial charge in [0.2, 0.25) is 5.91 Å². The fourth-order valence-corrected chi connectivity index (χ4v) is 2.77. The molecule has 0 aliphatic rings. The summed E-state index contributed by atoms with van der Waals surface area (Å²) in [5.74, 6) is -0.0377. The monoisotopic (exact) mass is 352 g/mol. The summed E-state index contributed by atoms with van der Waals surface area (Å²) in [5.41, 5.74) is 2.57. The summed E-state index contributed by atoms with van der Waals surface area (Å²) in [7, 11) is 0. The van der Waals surface area contributed by atoms with E-state index in [0.29, 0.717) is 5.13 Å². The molecule has 1 aromatic carbocycles. The van der Waals surface area contributed by atoms with Crippen LogP contribution in [0.4, 0.5) is 5.13 Å². The molecule has 1 unspecified atom stereocenters. The molecule has 0 radical (unpaired) electrons. The third kappa shape index (κ3) is 3.90. The van der Waals surface area contributed by atoms with Crippen LogP contribution < -0.4 is 5.32 Å². The Labute approximate surface area is 131 Å². The molecule has 3 nitrogen and oxygen atoms in total. The van der Waals surface area contributed by atoms with E-state index in [1.54, 1.807) is 0 Å². The van der Waals surface area contributed by atoms with Crippen molar-refractivity contribution in [2.75, 3.05) is 5.32 Å². The van der Waals surface area contributed by atoms with Gasteiger partial charge < -0.3 is 5.32 Å². The number of carbonyl (C=O) groups is 1. The number of rotatable bonds is 5. The van der Waals surface area contributed by atoms with Crippen molar-refractivity contribution in [3.63, 3.8) is 0 Å². The molecule has 20 heavy (non-hydrogen) atoms. The van der Waals surface area contributed by atoms with E-state index in [4.69, 9.17) is 0 Å². The average molecular weight is 353 g/mol. The largest absolute Gasteiger partial charge is 0.301 e. The second-order valence-electron chi connectivity index (χ2n) is 4.60. The fraction of sp³-hybridized carbons (Fsp3) is 0.333. The van der Waals surface area contributed by atoms with Crippen LogP contribution in [-0.2, 0) is 11.2 Å². The molecule has 5 heteroatoms. The molecule has 1 N–H and O–H groups in total. The molecular weight excluding hydrogens is 336 g/mol. The number of amides is 1. The highest BCUT2D eigenvalue weighted by Crippen LogP contribution is 2.23. The molecule has 1 atom stereocenters. The van der Waals surface area contributed by atoms with Gasteiger partial charge in [0.15, 0.2) is 5.13 Å². The minimum absolute atomic E-state index is 0.0377. The van der Waals surface area contributed by atoms with Gasteiger partial charge in [-0.15, -0.1) is 11.3 Å². The van der Waals surface area contributed by atoms with E-state index >= 15 is 0 Å². The molecule has 2 aromatic rings. The Morgan fingerprint density at radius 2 is 2.20 bits per heavy atom. The van der Waals surface area contributed by atoms with Gasteiger partial charge in [-0.2, -0.15) is 0 Å². The normalized spacial score (nSPS) is 12.2. The SMILES string of the molecule is CCC(Br)C(=O)Nc1ncc(Cc2ccccc2C)s1. The van der Waals surface area contributed by atoms with Crippen LogP contribution in [-0.4, -0.2) is 15.7 Å². The standard InChI is InChI=1S/C15H17BrN2OS/c1-3-13(16)14(19)18-15-17-9-12(20-15)8-11-7-5-4-6-10(11)2/h4-7,9,13H,3,8H2,1-2H3,(H,17,18,19). The van der Waals surface area contributed by atoms with Crippen LogP contribution in [0.1, 0.15) is 29.3 Å². The Morgan fingerprint density at radius 3 is 2.90 bits per heavy atom. The Bertz CT molecular complexity index is 597. The summed E-state index contributed by atoms with van der Waals surface area (Å²) >= 11 is 4.86. The zero-order chi connectivity index (χ0) is 14.5. The van der Waals surface area contributed by atoms with Crippen LogP contribution in [0.15, 0.2) is 30.5 Å². The van der Waals surface area contributed by atoms with Crippen molar-refractivity contribution in [3.05, 3.63) is 46.5 Å². The Hall–Kier alpha value is -1.20. The van der Waals surface area contributed by atoms with Gasteiger partial charge in [0.05, 0.1) is 4.83 Å². The molecule has 2 rings (SSSR count). The number of thiazole rings is 1. The van der Waals surface area contributed by atoms with E-state index in [1.807, 2.05) is 25.3 Å². The van der Waals surface area contributed by atoms with E-state index in [0.717, 1.165) is 17.7 Å². The van der Waals surface area contributed by atoms with E-state index < -0.39 is 0 Å². The number of nitrogens with zero attached hydrogens (tertiary/aromatic N) is 1. The molecule has 1 aromatic heterocycles. The highest BCUT2D eigenvalue weighted by molar-refractivity contribution is 9.10. The maximum absolute atomic E-state index is 11.8. The number of aryl methyl sites for hydroxylation is 1. The Morgan fingerprint density at radius 1 is 1.45 bits per heavy atom. The molecule has 0 saturated heterocycles. The van der Waals surface area contributed by atoms with E-state index in [9.17, 15) is 4.79 Å². The number of benzene rings is 1. The van der Waals surface area contributed by atoms with Gasteiger partial charge in [0.25, 0.3) is 0 Å². The maximum atomic E-state index is 11.8. The van der Waals surface area contributed by atoms with Crippen LogP contribution in [0.2, 0.25) is 0 Å². The number of halogens is 1. The average Bonchev–Trinajstić information content (AvgIpc) is 2.87. The van der Waals surface area contributed by atoms with Gasteiger partial charge in [-0.05, 0) is 24.5 Å². The summed E-state index contributed by atoms with van der Waals surface area (Å²) in [6.07, 6.45) is 3.45. The highest BCUT2D eigenvalue weighted by atomic mass is 79.9. The summed E-state index contributed by atoms with van der Waals surface area (Å²) < 4.78 is 0. The summed E-state index contributed by atoms with van der Waals surface area (Å²) in [4.78, 5) is 17.0. The zero-order valence-electron chi connectivity index (χ0n) is 11.5. The number of hydrogen-bond donors (Lipinski definition) is 1. The van der Waals surface area contributed by atoms with Crippen LogP contribution in [0.3, 0.4) is 0 Å². The molecule has 0 saturated carbocycles.